The van der Waals surface area contributed by atoms with Crippen LogP contribution in [0, 0.1) is 11.8 Å². The Morgan fingerprint density at radius 3 is 2.44 bits per heavy atom. The second-order valence-corrected chi connectivity index (χ2v) is 6.42. The lowest BCUT2D eigenvalue weighted by molar-refractivity contribution is -0.142. The highest BCUT2D eigenvalue weighted by Crippen LogP contribution is 2.31. The lowest BCUT2D eigenvalue weighted by Gasteiger charge is -2.16. The summed E-state index contributed by atoms with van der Waals surface area (Å²) < 4.78 is 0.720. The van der Waals surface area contributed by atoms with E-state index in [0.29, 0.717) is 8.67 Å². The average Bonchev–Trinajstić information content (AvgIpc) is 2.56. The molecule has 0 aliphatic rings. The van der Waals surface area contributed by atoms with E-state index < -0.39 is 17.8 Å². The molecule has 1 aromatic heterocycles. The highest BCUT2D eigenvalue weighted by Gasteiger charge is 2.23. The maximum absolute atomic E-state index is 11.8. The van der Waals surface area contributed by atoms with Gasteiger partial charge in [-0.2, -0.15) is 0 Å². The van der Waals surface area contributed by atoms with Gasteiger partial charge in [0.2, 0.25) is 0 Å². The highest BCUT2D eigenvalue weighted by atomic mass is 35.5. The molecule has 7 heteroatoms. The van der Waals surface area contributed by atoms with Gasteiger partial charge in [-0.25, -0.2) is 0 Å². The third kappa shape index (κ3) is 3.86. The first-order valence-electron chi connectivity index (χ1n) is 5.28. The largest absolute Gasteiger partial charge is 0.481 e. The van der Waals surface area contributed by atoms with Crippen molar-refractivity contribution in [2.45, 2.75) is 13.8 Å². The fourth-order valence-corrected chi connectivity index (χ4v) is 2.86. The molecule has 0 saturated heterocycles. The number of carbonyl (C=O) groups excluding carboxylic acids is 1. The first-order chi connectivity index (χ1) is 8.32. The van der Waals surface area contributed by atoms with Crippen molar-refractivity contribution in [1.82, 2.24) is 5.32 Å². The minimum absolute atomic E-state index is 0.0651. The number of hydrogen-bond donors (Lipinski definition) is 2. The lowest BCUT2D eigenvalue weighted by atomic mass is 9.96. The van der Waals surface area contributed by atoms with Crippen molar-refractivity contribution in [1.29, 1.82) is 0 Å². The molecule has 0 aromatic carbocycles. The molecule has 4 nitrogen and oxygen atoms in total. The molecule has 1 amide bonds. The Labute approximate surface area is 119 Å². The zero-order valence-corrected chi connectivity index (χ0v) is 12.2. The van der Waals surface area contributed by atoms with Crippen molar-refractivity contribution in [3.63, 3.8) is 0 Å². The summed E-state index contributed by atoms with van der Waals surface area (Å²) in [5.41, 5.74) is 0.277. The van der Waals surface area contributed by atoms with Crippen LogP contribution >= 0.6 is 34.5 Å². The second kappa shape index (κ2) is 6.41. The number of rotatable bonds is 5. The van der Waals surface area contributed by atoms with E-state index in [1.165, 1.54) is 6.07 Å². The van der Waals surface area contributed by atoms with E-state index in [9.17, 15) is 9.59 Å². The molecule has 0 spiro atoms. The summed E-state index contributed by atoms with van der Waals surface area (Å²) in [5, 5.41) is 11.5. The molecule has 100 valence electrons. The molecule has 0 aliphatic carbocycles. The Morgan fingerprint density at radius 1 is 1.44 bits per heavy atom. The van der Waals surface area contributed by atoms with Crippen LogP contribution in [0.4, 0.5) is 0 Å². The number of carboxylic acid groups (broad SMARTS) is 1. The molecule has 1 aromatic rings. The zero-order chi connectivity index (χ0) is 13.9. The van der Waals surface area contributed by atoms with Crippen LogP contribution in [-0.4, -0.2) is 23.5 Å². The fraction of sp³-hybridized carbons (Fsp3) is 0.455. The molecule has 1 unspecified atom stereocenters. The number of hydrogen-bond acceptors (Lipinski definition) is 3. The van der Waals surface area contributed by atoms with Crippen LogP contribution in [0.15, 0.2) is 6.07 Å². The third-order valence-electron chi connectivity index (χ3n) is 2.51. The van der Waals surface area contributed by atoms with E-state index in [1.54, 1.807) is 13.8 Å². The number of amides is 1. The van der Waals surface area contributed by atoms with Gasteiger partial charge in [0.1, 0.15) is 4.34 Å². The quantitative estimate of drug-likeness (QED) is 0.878. The predicted octanol–water partition coefficient (Wildman–Crippen LogP) is 3.14. The molecule has 0 radical (unpaired) electrons. The van der Waals surface area contributed by atoms with Gasteiger partial charge in [-0.05, 0) is 12.0 Å². The number of aliphatic carboxylic acids is 1. The molecular weight excluding hydrogens is 297 g/mol. The maximum Gasteiger partial charge on any atom is 0.308 e. The highest BCUT2D eigenvalue weighted by molar-refractivity contribution is 7.20. The molecule has 2 N–H and O–H groups in total. The van der Waals surface area contributed by atoms with Crippen molar-refractivity contribution in [2.24, 2.45) is 11.8 Å². The van der Waals surface area contributed by atoms with E-state index >= 15 is 0 Å². The van der Waals surface area contributed by atoms with Crippen molar-refractivity contribution in [3.05, 3.63) is 20.3 Å². The van der Waals surface area contributed by atoms with Gasteiger partial charge in [0.25, 0.3) is 5.91 Å². The minimum Gasteiger partial charge on any atom is -0.481 e. The summed E-state index contributed by atoms with van der Waals surface area (Å²) >= 11 is 12.7. The summed E-state index contributed by atoms with van der Waals surface area (Å²) in [6, 6.07) is 1.47. The summed E-state index contributed by atoms with van der Waals surface area (Å²) in [6.07, 6.45) is 0. The molecule has 18 heavy (non-hydrogen) atoms. The van der Waals surface area contributed by atoms with Crippen LogP contribution in [-0.2, 0) is 4.79 Å². The van der Waals surface area contributed by atoms with Gasteiger partial charge in [0, 0.05) is 6.54 Å². The maximum atomic E-state index is 11.8. The number of carboxylic acids is 1. The first kappa shape index (κ1) is 15.3. The number of carbonyl (C=O) groups is 2. The Balaban J connectivity index is 2.66. The monoisotopic (exact) mass is 309 g/mol. The van der Waals surface area contributed by atoms with Crippen LogP contribution in [0.3, 0.4) is 0 Å². The summed E-state index contributed by atoms with van der Waals surface area (Å²) in [7, 11) is 0. The topological polar surface area (TPSA) is 66.4 Å². The van der Waals surface area contributed by atoms with Crippen LogP contribution in [0.5, 0.6) is 0 Å². The summed E-state index contributed by atoms with van der Waals surface area (Å²) in [4.78, 5) is 22.8. The number of thiophene rings is 1. The Morgan fingerprint density at radius 2 is 2.06 bits per heavy atom. The van der Waals surface area contributed by atoms with Crippen molar-refractivity contribution in [3.8, 4) is 0 Å². The smallest absolute Gasteiger partial charge is 0.308 e. The number of nitrogens with one attached hydrogen (secondary N) is 1. The fourth-order valence-electron chi connectivity index (χ4n) is 1.40. The minimum atomic E-state index is -0.931. The normalized spacial score (nSPS) is 12.5. The Kier molecular flexibility index (Phi) is 5.44. The molecule has 0 saturated carbocycles. The SMILES string of the molecule is CC(C)C(CNC(=O)c1cc(Cl)sc1Cl)C(=O)O. The molecule has 1 rings (SSSR count). The summed E-state index contributed by atoms with van der Waals surface area (Å²) in [6.45, 7) is 3.65. The van der Waals surface area contributed by atoms with Gasteiger partial charge < -0.3 is 10.4 Å². The van der Waals surface area contributed by atoms with Gasteiger partial charge in [0.15, 0.2) is 0 Å². The first-order valence-corrected chi connectivity index (χ1v) is 6.86. The average molecular weight is 310 g/mol. The lowest BCUT2D eigenvalue weighted by Crippen LogP contribution is -2.35. The van der Waals surface area contributed by atoms with Gasteiger partial charge in [-0.3, -0.25) is 9.59 Å². The second-order valence-electron chi connectivity index (χ2n) is 4.14. The molecule has 1 atom stereocenters. The van der Waals surface area contributed by atoms with Gasteiger partial charge >= 0.3 is 5.97 Å². The molecule has 1 heterocycles. The molecule has 0 fully saturated rings. The predicted molar refractivity (Wildman–Crippen MR) is 72.6 cm³/mol. The molecular formula is C11H13Cl2NO3S. The molecule has 0 aliphatic heterocycles. The summed E-state index contributed by atoms with van der Waals surface area (Å²) in [5.74, 6) is -2.03. The standard InChI is InChI=1S/C11H13Cl2NO3S/c1-5(2)7(11(16)17)4-14-10(15)6-3-8(12)18-9(6)13/h3,5,7H,4H2,1-2H3,(H,14,15)(H,16,17). The van der Waals surface area contributed by atoms with E-state index in [-0.39, 0.29) is 18.0 Å². The van der Waals surface area contributed by atoms with Crippen LogP contribution < -0.4 is 5.32 Å². The molecule has 0 bridgehead atoms. The van der Waals surface area contributed by atoms with Gasteiger partial charge in [0.05, 0.1) is 15.8 Å². The van der Waals surface area contributed by atoms with Crippen LogP contribution in [0.25, 0.3) is 0 Å². The Bertz CT molecular complexity index is 459. The number of halogens is 2. The van der Waals surface area contributed by atoms with Crippen LogP contribution in [0.2, 0.25) is 8.67 Å². The van der Waals surface area contributed by atoms with Gasteiger partial charge in [-0.15, -0.1) is 11.3 Å². The van der Waals surface area contributed by atoms with Crippen LogP contribution in [0.1, 0.15) is 24.2 Å². The zero-order valence-electron chi connectivity index (χ0n) is 9.87. The van der Waals surface area contributed by atoms with E-state index in [4.69, 9.17) is 28.3 Å². The van der Waals surface area contributed by atoms with Crippen molar-refractivity contribution < 1.29 is 14.7 Å². The van der Waals surface area contributed by atoms with Crippen molar-refractivity contribution in [2.75, 3.05) is 6.54 Å². The van der Waals surface area contributed by atoms with E-state index in [2.05, 4.69) is 5.32 Å². The van der Waals surface area contributed by atoms with Gasteiger partial charge in [-0.1, -0.05) is 37.0 Å². The van der Waals surface area contributed by atoms with E-state index in [1.807, 2.05) is 0 Å². The van der Waals surface area contributed by atoms with Crippen molar-refractivity contribution >= 4 is 46.4 Å². The Hall–Kier alpha value is -0.780. The third-order valence-corrected chi connectivity index (χ3v) is 3.99. The van der Waals surface area contributed by atoms with E-state index in [0.717, 1.165) is 11.3 Å².